The highest BCUT2D eigenvalue weighted by Gasteiger charge is 2.32. The molecule has 2 aromatic rings. The lowest BCUT2D eigenvalue weighted by Crippen LogP contribution is -2.28. The van der Waals surface area contributed by atoms with Crippen LogP contribution in [0.5, 0.6) is 0 Å². The van der Waals surface area contributed by atoms with Gasteiger partial charge in [-0.15, -0.1) is 0 Å². The summed E-state index contributed by atoms with van der Waals surface area (Å²) >= 11 is 0. The van der Waals surface area contributed by atoms with E-state index in [1.807, 2.05) is 31.3 Å². The lowest BCUT2D eigenvalue weighted by atomic mass is 9.94. The molecule has 0 heterocycles. The summed E-state index contributed by atoms with van der Waals surface area (Å²) in [5, 5.41) is 0. The lowest BCUT2D eigenvalue weighted by Gasteiger charge is -2.34. The topological polar surface area (TPSA) is 3.24 Å². The van der Waals surface area contributed by atoms with Gasteiger partial charge in [-0.05, 0) is 50.6 Å². The third kappa shape index (κ3) is 5.10. The SMILES string of the molecule is CCCCC(c1cc(C)cc(C(F)(F)F)c1)N(C)C(C)c1ccccc1. The minimum Gasteiger partial charge on any atom is -0.293 e. The molecule has 142 valence electrons. The van der Waals surface area contributed by atoms with Gasteiger partial charge < -0.3 is 0 Å². The van der Waals surface area contributed by atoms with Gasteiger partial charge in [0, 0.05) is 12.1 Å². The zero-order chi connectivity index (χ0) is 19.3. The first-order chi connectivity index (χ1) is 12.2. The van der Waals surface area contributed by atoms with E-state index in [9.17, 15) is 13.2 Å². The van der Waals surface area contributed by atoms with Gasteiger partial charge in [0.15, 0.2) is 0 Å². The predicted octanol–water partition coefficient (Wildman–Crippen LogP) is 6.94. The van der Waals surface area contributed by atoms with Gasteiger partial charge in [0.25, 0.3) is 0 Å². The zero-order valence-corrected chi connectivity index (χ0v) is 16.0. The van der Waals surface area contributed by atoms with Crippen LogP contribution in [0, 0.1) is 6.92 Å². The van der Waals surface area contributed by atoms with Crippen LogP contribution in [0.4, 0.5) is 13.2 Å². The van der Waals surface area contributed by atoms with E-state index in [-0.39, 0.29) is 12.1 Å². The van der Waals surface area contributed by atoms with Crippen LogP contribution in [-0.2, 0) is 6.18 Å². The molecule has 0 spiro atoms. The van der Waals surface area contributed by atoms with Crippen molar-refractivity contribution in [1.29, 1.82) is 0 Å². The van der Waals surface area contributed by atoms with Crippen molar-refractivity contribution in [3.05, 3.63) is 70.8 Å². The second kappa shape index (κ2) is 8.72. The highest BCUT2D eigenvalue weighted by molar-refractivity contribution is 5.33. The van der Waals surface area contributed by atoms with Gasteiger partial charge >= 0.3 is 6.18 Å². The molecule has 0 aliphatic rings. The van der Waals surface area contributed by atoms with Gasteiger partial charge in [-0.1, -0.05) is 61.7 Å². The van der Waals surface area contributed by atoms with Crippen molar-refractivity contribution in [3.8, 4) is 0 Å². The van der Waals surface area contributed by atoms with E-state index >= 15 is 0 Å². The minimum absolute atomic E-state index is 0.0499. The Balaban J connectivity index is 2.39. The first kappa shape index (κ1) is 20.5. The fraction of sp³-hybridized carbons (Fsp3) is 0.455. The van der Waals surface area contributed by atoms with E-state index in [2.05, 4.69) is 30.9 Å². The van der Waals surface area contributed by atoms with Crippen LogP contribution in [0.15, 0.2) is 48.5 Å². The number of hydrogen-bond donors (Lipinski definition) is 0. The maximum atomic E-state index is 13.3. The monoisotopic (exact) mass is 363 g/mol. The van der Waals surface area contributed by atoms with Crippen molar-refractivity contribution in [1.82, 2.24) is 4.90 Å². The Bertz CT molecular complexity index is 694. The maximum absolute atomic E-state index is 13.3. The summed E-state index contributed by atoms with van der Waals surface area (Å²) in [5.74, 6) is 0. The molecule has 1 nitrogen and oxygen atoms in total. The first-order valence-electron chi connectivity index (χ1n) is 9.19. The van der Waals surface area contributed by atoms with Crippen LogP contribution < -0.4 is 0 Å². The lowest BCUT2D eigenvalue weighted by molar-refractivity contribution is -0.137. The number of benzene rings is 2. The number of hydrogen-bond acceptors (Lipinski definition) is 1. The quantitative estimate of drug-likeness (QED) is 0.515. The summed E-state index contributed by atoms with van der Waals surface area (Å²) in [6.45, 7) is 5.94. The molecule has 0 aliphatic heterocycles. The molecule has 4 heteroatoms. The molecule has 0 aromatic heterocycles. The van der Waals surface area contributed by atoms with E-state index in [0.29, 0.717) is 5.56 Å². The molecule has 2 unspecified atom stereocenters. The van der Waals surface area contributed by atoms with Gasteiger partial charge in [-0.25, -0.2) is 0 Å². The Hall–Kier alpha value is -1.81. The molecular weight excluding hydrogens is 335 g/mol. The fourth-order valence-electron chi connectivity index (χ4n) is 3.41. The van der Waals surface area contributed by atoms with Gasteiger partial charge in [-0.2, -0.15) is 13.2 Å². The Kier molecular flexibility index (Phi) is 6.87. The average molecular weight is 363 g/mol. The van der Waals surface area contributed by atoms with Gasteiger partial charge in [0.1, 0.15) is 0 Å². The Morgan fingerprint density at radius 2 is 1.65 bits per heavy atom. The summed E-state index contributed by atoms with van der Waals surface area (Å²) in [6, 6.07) is 14.6. The summed E-state index contributed by atoms with van der Waals surface area (Å²) in [7, 11) is 2.01. The fourth-order valence-corrected chi connectivity index (χ4v) is 3.41. The highest BCUT2D eigenvalue weighted by atomic mass is 19.4. The van der Waals surface area contributed by atoms with E-state index in [1.54, 1.807) is 6.92 Å². The van der Waals surface area contributed by atoms with Crippen molar-refractivity contribution in [2.45, 2.75) is 58.3 Å². The van der Waals surface area contributed by atoms with E-state index in [4.69, 9.17) is 0 Å². The Morgan fingerprint density at radius 1 is 1.00 bits per heavy atom. The highest BCUT2D eigenvalue weighted by Crippen LogP contribution is 2.36. The second-order valence-corrected chi connectivity index (χ2v) is 7.04. The summed E-state index contributed by atoms with van der Waals surface area (Å²) < 4.78 is 39.8. The van der Waals surface area contributed by atoms with Crippen molar-refractivity contribution >= 4 is 0 Å². The molecular formula is C22H28F3N. The molecule has 0 amide bonds. The molecule has 0 radical (unpaired) electrons. The summed E-state index contributed by atoms with van der Waals surface area (Å²) in [5.41, 5.74) is 2.00. The number of unbranched alkanes of at least 4 members (excludes halogenated alkanes) is 1. The van der Waals surface area contributed by atoms with Crippen molar-refractivity contribution in [2.75, 3.05) is 7.05 Å². The Labute approximate surface area is 154 Å². The molecule has 0 saturated heterocycles. The van der Waals surface area contributed by atoms with Crippen molar-refractivity contribution < 1.29 is 13.2 Å². The minimum atomic E-state index is -4.32. The van der Waals surface area contributed by atoms with Crippen molar-refractivity contribution in [2.24, 2.45) is 0 Å². The molecule has 0 fully saturated rings. The van der Waals surface area contributed by atoms with E-state index < -0.39 is 11.7 Å². The van der Waals surface area contributed by atoms with Crippen LogP contribution in [0.2, 0.25) is 0 Å². The smallest absolute Gasteiger partial charge is 0.293 e. The van der Waals surface area contributed by atoms with Gasteiger partial charge in [0.05, 0.1) is 5.56 Å². The van der Waals surface area contributed by atoms with Crippen LogP contribution in [0.3, 0.4) is 0 Å². The average Bonchev–Trinajstić information content (AvgIpc) is 2.60. The maximum Gasteiger partial charge on any atom is 0.416 e. The van der Waals surface area contributed by atoms with Crippen LogP contribution in [-0.4, -0.2) is 11.9 Å². The standard InChI is InChI=1S/C22H28F3N/c1-5-6-12-21(26(4)17(3)18-10-8-7-9-11-18)19-13-16(2)14-20(15-19)22(23,24)25/h7-11,13-15,17,21H,5-6,12H2,1-4H3. The molecule has 2 rings (SSSR count). The van der Waals surface area contributed by atoms with Crippen LogP contribution in [0.1, 0.15) is 67.4 Å². The number of aryl methyl sites for hydroxylation is 1. The molecule has 0 bridgehead atoms. The third-order valence-electron chi connectivity index (χ3n) is 5.03. The molecule has 0 saturated carbocycles. The molecule has 0 N–H and O–H groups in total. The Morgan fingerprint density at radius 3 is 2.23 bits per heavy atom. The summed E-state index contributed by atoms with van der Waals surface area (Å²) in [6.07, 6.45) is -1.49. The van der Waals surface area contributed by atoms with Crippen LogP contribution >= 0.6 is 0 Å². The van der Waals surface area contributed by atoms with Gasteiger partial charge in [-0.3, -0.25) is 4.90 Å². The normalized spacial score (nSPS) is 14.5. The summed E-state index contributed by atoms with van der Waals surface area (Å²) in [4.78, 5) is 2.19. The predicted molar refractivity (Wildman–Crippen MR) is 101 cm³/mol. The number of alkyl halides is 3. The van der Waals surface area contributed by atoms with E-state index in [1.165, 1.54) is 17.7 Å². The second-order valence-electron chi connectivity index (χ2n) is 7.04. The van der Waals surface area contributed by atoms with Gasteiger partial charge in [0.2, 0.25) is 0 Å². The number of nitrogens with zero attached hydrogens (tertiary/aromatic N) is 1. The molecule has 0 aliphatic carbocycles. The third-order valence-corrected chi connectivity index (χ3v) is 5.03. The molecule has 26 heavy (non-hydrogen) atoms. The largest absolute Gasteiger partial charge is 0.416 e. The van der Waals surface area contributed by atoms with Crippen LogP contribution in [0.25, 0.3) is 0 Å². The molecule has 2 atom stereocenters. The van der Waals surface area contributed by atoms with Crippen molar-refractivity contribution in [3.63, 3.8) is 0 Å². The number of rotatable bonds is 7. The number of halogens is 3. The zero-order valence-electron chi connectivity index (χ0n) is 16.0. The van der Waals surface area contributed by atoms with E-state index in [0.717, 1.165) is 24.8 Å². The molecule has 2 aromatic carbocycles. The first-order valence-corrected chi connectivity index (χ1v) is 9.19.